The SMILES string of the molecule is CN=C(NCC(C)(C)CCS(C)(=O)=O)NCC1(c2ccccc2)CC1.I. The van der Waals surface area contributed by atoms with Gasteiger partial charge in [-0.25, -0.2) is 8.42 Å². The second kappa shape index (κ2) is 9.39. The minimum atomic E-state index is -2.93. The van der Waals surface area contributed by atoms with Crippen LogP contribution >= 0.6 is 24.0 Å². The third-order valence-corrected chi connectivity index (χ3v) is 5.89. The number of hydrogen-bond donors (Lipinski definition) is 2. The molecule has 7 heteroatoms. The van der Waals surface area contributed by atoms with E-state index < -0.39 is 9.84 Å². The van der Waals surface area contributed by atoms with Crippen LogP contribution in [-0.2, 0) is 15.3 Å². The summed E-state index contributed by atoms with van der Waals surface area (Å²) in [6.45, 7) is 5.69. The Balaban J connectivity index is 0.00000338. The maximum atomic E-state index is 11.4. The molecule has 2 rings (SSSR count). The van der Waals surface area contributed by atoms with Gasteiger partial charge >= 0.3 is 0 Å². The molecular weight excluding hydrogens is 461 g/mol. The zero-order valence-electron chi connectivity index (χ0n) is 16.2. The van der Waals surface area contributed by atoms with Gasteiger partial charge in [0.2, 0.25) is 0 Å². The van der Waals surface area contributed by atoms with Crippen molar-refractivity contribution in [3.05, 3.63) is 35.9 Å². The van der Waals surface area contributed by atoms with E-state index >= 15 is 0 Å². The highest BCUT2D eigenvalue weighted by Gasteiger charge is 2.44. The van der Waals surface area contributed by atoms with Gasteiger partial charge in [0, 0.05) is 31.8 Å². The number of aliphatic imine (C=N–C) groups is 1. The van der Waals surface area contributed by atoms with Crippen molar-refractivity contribution in [3.8, 4) is 0 Å². The lowest BCUT2D eigenvalue weighted by molar-refractivity contribution is 0.348. The molecule has 1 aromatic rings. The maximum absolute atomic E-state index is 11.4. The van der Waals surface area contributed by atoms with Crippen LogP contribution in [0.2, 0.25) is 0 Å². The summed E-state index contributed by atoms with van der Waals surface area (Å²) in [6, 6.07) is 10.6. The lowest BCUT2D eigenvalue weighted by Crippen LogP contribution is -2.44. The molecule has 0 amide bonds. The van der Waals surface area contributed by atoms with Crippen LogP contribution in [0, 0.1) is 5.41 Å². The quantitative estimate of drug-likeness (QED) is 0.332. The normalized spacial score (nSPS) is 16.5. The summed E-state index contributed by atoms with van der Waals surface area (Å²) in [7, 11) is -1.16. The van der Waals surface area contributed by atoms with Crippen molar-refractivity contribution in [2.45, 2.75) is 38.5 Å². The molecule has 0 atom stereocenters. The number of rotatable bonds is 8. The van der Waals surface area contributed by atoms with Crippen LogP contribution in [0.5, 0.6) is 0 Å². The number of sulfone groups is 1. The lowest BCUT2D eigenvalue weighted by atomic mass is 9.90. The summed E-state index contributed by atoms with van der Waals surface area (Å²) in [5.74, 6) is 0.986. The molecule has 2 N–H and O–H groups in total. The summed E-state index contributed by atoms with van der Waals surface area (Å²) < 4.78 is 22.7. The third-order valence-electron chi connectivity index (χ3n) is 4.94. The fourth-order valence-electron chi connectivity index (χ4n) is 2.86. The van der Waals surface area contributed by atoms with Crippen LogP contribution in [0.15, 0.2) is 35.3 Å². The molecule has 0 unspecified atom stereocenters. The summed E-state index contributed by atoms with van der Waals surface area (Å²) in [4.78, 5) is 4.30. The predicted octanol–water partition coefficient (Wildman–Crippen LogP) is 2.96. The van der Waals surface area contributed by atoms with Crippen molar-refractivity contribution in [2.75, 3.05) is 32.1 Å². The molecule has 5 nitrogen and oxygen atoms in total. The van der Waals surface area contributed by atoms with E-state index in [0.29, 0.717) is 13.0 Å². The van der Waals surface area contributed by atoms with Crippen LogP contribution in [-0.4, -0.2) is 46.5 Å². The maximum Gasteiger partial charge on any atom is 0.191 e. The van der Waals surface area contributed by atoms with Gasteiger partial charge in [-0.3, -0.25) is 4.99 Å². The second-order valence-corrected chi connectivity index (χ2v) is 10.2. The fourth-order valence-corrected chi connectivity index (χ4v) is 3.78. The summed E-state index contributed by atoms with van der Waals surface area (Å²) in [5, 5.41) is 6.78. The first-order valence-corrected chi connectivity index (χ1v) is 10.9. The number of benzene rings is 1. The first-order valence-electron chi connectivity index (χ1n) is 8.84. The van der Waals surface area contributed by atoms with E-state index in [4.69, 9.17) is 0 Å². The Hall–Kier alpha value is -0.830. The largest absolute Gasteiger partial charge is 0.356 e. The van der Waals surface area contributed by atoms with Gasteiger partial charge in [0.05, 0.1) is 5.75 Å². The molecule has 1 fully saturated rings. The Morgan fingerprint density at radius 1 is 1.19 bits per heavy atom. The molecule has 0 bridgehead atoms. The lowest BCUT2D eigenvalue weighted by Gasteiger charge is -2.26. The minimum absolute atomic E-state index is 0. The zero-order chi connectivity index (χ0) is 18.6. The number of hydrogen-bond acceptors (Lipinski definition) is 3. The molecule has 0 heterocycles. The molecule has 1 aliphatic carbocycles. The smallest absolute Gasteiger partial charge is 0.191 e. The van der Waals surface area contributed by atoms with Gasteiger partial charge < -0.3 is 10.6 Å². The molecule has 1 saturated carbocycles. The van der Waals surface area contributed by atoms with Crippen LogP contribution in [0.25, 0.3) is 0 Å². The molecule has 0 radical (unpaired) electrons. The highest BCUT2D eigenvalue weighted by atomic mass is 127. The second-order valence-electron chi connectivity index (χ2n) is 7.97. The molecule has 0 aliphatic heterocycles. The van der Waals surface area contributed by atoms with Crippen molar-refractivity contribution in [3.63, 3.8) is 0 Å². The van der Waals surface area contributed by atoms with E-state index in [9.17, 15) is 8.42 Å². The topological polar surface area (TPSA) is 70.6 Å². The van der Waals surface area contributed by atoms with Crippen LogP contribution in [0.1, 0.15) is 38.7 Å². The van der Waals surface area contributed by atoms with Crippen molar-refractivity contribution >= 4 is 39.8 Å². The highest BCUT2D eigenvalue weighted by Crippen LogP contribution is 2.47. The highest BCUT2D eigenvalue weighted by molar-refractivity contribution is 14.0. The van der Waals surface area contributed by atoms with E-state index in [-0.39, 0.29) is 40.6 Å². The summed E-state index contributed by atoms with van der Waals surface area (Å²) in [5.41, 5.74) is 1.49. The third kappa shape index (κ3) is 7.42. The Bertz CT molecular complexity index is 699. The van der Waals surface area contributed by atoms with Crippen molar-refractivity contribution in [1.29, 1.82) is 0 Å². The van der Waals surface area contributed by atoms with E-state index in [1.54, 1.807) is 7.05 Å². The van der Waals surface area contributed by atoms with Crippen molar-refractivity contribution in [2.24, 2.45) is 10.4 Å². The van der Waals surface area contributed by atoms with E-state index in [1.165, 1.54) is 24.7 Å². The van der Waals surface area contributed by atoms with Gasteiger partial charge in [0.15, 0.2) is 5.96 Å². The van der Waals surface area contributed by atoms with Gasteiger partial charge in [0.25, 0.3) is 0 Å². The molecule has 148 valence electrons. The first-order chi connectivity index (χ1) is 11.7. The Morgan fingerprint density at radius 3 is 2.31 bits per heavy atom. The minimum Gasteiger partial charge on any atom is -0.356 e. The van der Waals surface area contributed by atoms with Gasteiger partial charge in [-0.15, -0.1) is 24.0 Å². The number of nitrogens with one attached hydrogen (secondary N) is 2. The van der Waals surface area contributed by atoms with Crippen LogP contribution in [0.4, 0.5) is 0 Å². The standard InChI is InChI=1S/C19H31N3O2S.HI/c1-18(2,12-13-25(4,23)24)14-21-17(20-3)22-15-19(10-11-19)16-8-6-5-7-9-16;/h5-9H,10-15H2,1-4H3,(H2,20,21,22);1H. The molecular formula is C19H32IN3O2S. The van der Waals surface area contributed by atoms with Crippen LogP contribution < -0.4 is 10.6 Å². The van der Waals surface area contributed by atoms with Crippen molar-refractivity contribution in [1.82, 2.24) is 10.6 Å². The van der Waals surface area contributed by atoms with Crippen LogP contribution in [0.3, 0.4) is 0 Å². The molecule has 0 aromatic heterocycles. The predicted molar refractivity (Wildman–Crippen MR) is 120 cm³/mol. The van der Waals surface area contributed by atoms with Gasteiger partial charge in [0.1, 0.15) is 9.84 Å². The average Bonchev–Trinajstić information content (AvgIpc) is 3.35. The molecule has 26 heavy (non-hydrogen) atoms. The van der Waals surface area contributed by atoms with E-state index in [1.807, 2.05) is 6.07 Å². The average molecular weight is 493 g/mol. The fraction of sp³-hybridized carbons (Fsp3) is 0.632. The zero-order valence-corrected chi connectivity index (χ0v) is 19.4. The molecule has 0 spiro atoms. The van der Waals surface area contributed by atoms with Gasteiger partial charge in [-0.1, -0.05) is 44.2 Å². The monoisotopic (exact) mass is 493 g/mol. The van der Waals surface area contributed by atoms with Gasteiger partial charge in [-0.05, 0) is 30.2 Å². The Labute approximate surface area is 175 Å². The van der Waals surface area contributed by atoms with E-state index in [2.05, 4.69) is 53.7 Å². The summed E-state index contributed by atoms with van der Waals surface area (Å²) >= 11 is 0. The number of guanidine groups is 1. The number of halogens is 1. The van der Waals surface area contributed by atoms with Gasteiger partial charge in [-0.2, -0.15) is 0 Å². The molecule has 0 saturated heterocycles. The molecule has 1 aliphatic rings. The summed E-state index contributed by atoms with van der Waals surface area (Å²) in [6.07, 6.45) is 4.31. The van der Waals surface area contributed by atoms with E-state index in [0.717, 1.165) is 12.5 Å². The first kappa shape index (κ1) is 23.2. The number of nitrogens with zero attached hydrogens (tertiary/aromatic N) is 1. The molecule has 1 aromatic carbocycles. The Kier molecular flexibility index (Phi) is 8.38. The Morgan fingerprint density at radius 2 is 1.81 bits per heavy atom. The van der Waals surface area contributed by atoms with Crippen molar-refractivity contribution < 1.29 is 8.42 Å².